The molecule has 0 spiro atoms. The van der Waals surface area contributed by atoms with E-state index in [0.717, 1.165) is 5.88 Å². The summed E-state index contributed by atoms with van der Waals surface area (Å²) in [4.78, 5) is 0. The highest BCUT2D eigenvalue weighted by atomic mass is 32.2. The Morgan fingerprint density at radius 3 is 2.08 bits per heavy atom. The van der Waals surface area contributed by atoms with Crippen LogP contribution in [-0.4, -0.2) is 17.1 Å². The van der Waals surface area contributed by atoms with E-state index in [0.29, 0.717) is 0 Å². The monoisotopic (exact) mass is 342 g/mol. The molecule has 0 bridgehead atoms. The molecule has 3 aromatic rings. The molecule has 0 unspecified atom stereocenters. The Morgan fingerprint density at radius 2 is 1.40 bits per heavy atom. The number of fused-ring (bicyclic) bond motifs is 3. The molecule has 3 heteroatoms. The van der Waals surface area contributed by atoms with Crippen LogP contribution >= 0.6 is 11.8 Å². The fourth-order valence-electron chi connectivity index (χ4n) is 4.05. The highest BCUT2D eigenvalue weighted by Gasteiger charge is 2.52. The minimum absolute atomic E-state index is 0.156. The largest absolute Gasteiger partial charge is 0.277 e. The van der Waals surface area contributed by atoms with E-state index in [4.69, 9.17) is 5.10 Å². The van der Waals surface area contributed by atoms with Gasteiger partial charge in [0.1, 0.15) is 0 Å². The third-order valence-electron chi connectivity index (χ3n) is 5.15. The van der Waals surface area contributed by atoms with Gasteiger partial charge in [0.2, 0.25) is 0 Å². The lowest BCUT2D eigenvalue weighted by Crippen LogP contribution is -2.35. The lowest BCUT2D eigenvalue weighted by molar-refractivity contribution is 0.231. The van der Waals surface area contributed by atoms with Crippen LogP contribution in [0.3, 0.4) is 0 Å². The molecule has 5 rings (SSSR count). The quantitative estimate of drug-likeness (QED) is 0.649. The first kappa shape index (κ1) is 14.8. The van der Waals surface area contributed by atoms with E-state index in [-0.39, 0.29) is 10.8 Å². The van der Waals surface area contributed by atoms with Gasteiger partial charge in [-0.3, -0.25) is 5.01 Å². The zero-order valence-electron chi connectivity index (χ0n) is 13.7. The number of benzene rings is 3. The summed E-state index contributed by atoms with van der Waals surface area (Å²) < 4.78 is -0.156. The zero-order valence-corrected chi connectivity index (χ0v) is 14.6. The molecule has 0 N–H and O–H groups in total. The molecule has 25 heavy (non-hydrogen) atoms. The molecular weight excluding hydrogens is 324 g/mol. The predicted molar refractivity (Wildman–Crippen MR) is 105 cm³/mol. The van der Waals surface area contributed by atoms with Crippen molar-refractivity contribution in [1.82, 2.24) is 5.01 Å². The smallest absolute Gasteiger partial charge is 0.0965 e. The van der Waals surface area contributed by atoms with Gasteiger partial charge in [-0.2, -0.15) is 5.10 Å². The summed E-state index contributed by atoms with van der Waals surface area (Å²) >= 11 is 1.98. The molecule has 0 amide bonds. The second-order valence-electron chi connectivity index (χ2n) is 6.46. The van der Waals surface area contributed by atoms with Crippen molar-refractivity contribution in [3.63, 3.8) is 0 Å². The van der Waals surface area contributed by atoms with Crippen LogP contribution in [0.2, 0.25) is 0 Å². The molecule has 1 saturated heterocycles. The summed E-state index contributed by atoms with van der Waals surface area (Å²) in [7, 11) is 0. The Kier molecular flexibility index (Phi) is 3.42. The number of rotatable bonds is 2. The Bertz CT molecular complexity index is 882. The maximum Gasteiger partial charge on any atom is 0.0965 e. The summed E-state index contributed by atoms with van der Waals surface area (Å²) in [5.74, 6) is 0.888. The van der Waals surface area contributed by atoms with Crippen molar-refractivity contribution in [3.05, 3.63) is 107 Å². The second-order valence-corrected chi connectivity index (χ2v) is 7.65. The van der Waals surface area contributed by atoms with Crippen LogP contribution in [0.1, 0.15) is 28.3 Å². The van der Waals surface area contributed by atoms with Crippen molar-refractivity contribution in [3.8, 4) is 0 Å². The van der Waals surface area contributed by atoms with Crippen molar-refractivity contribution in [2.24, 2.45) is 5.10 Å². The molecule has 3 aromatic carbocycles. The van der Waals surface area contributed by atoms with Crippen molar-refractivity contribution >= 4 is 18.0 Å². The van der Waals surface area contributed by atoms with Crippen LogP contribution in [0.5, 0.6) is 0 Å². The van der Waals surface area contributed by atoms with Gasteiger partial charge in [0.15, 0.2) is 0 Å². The van der Waals surface area contributed by atoms with Crippen molar-refractivity contribution in [2.75, 3.05) is 5.88 Å². The maximum atomic E-state index is 4.77. The molecule has 1 fully saturated rings. The third kappa shape index (κ3) is 2.16. The first-order valence-electron chi connectivity index (χ1n) is 8.54. The number of hydrogen-bond acceptors (Lipinski definition) is 3. The summed E-state index contributed by atoms with van der Waals surface area (Å²) in [5, 5.41) is 7.01. The van der Waals surface area contributed by atoms with E-state index in [1.165, 1.54) is 22.3 Å². The van der Waals surface area contributed by atoms with Crippen LogP contribution in [0, 0.1) is 0 Å². The molecular formula is C22H18N2S. The Hall–Kier alpha value is -2.52. The van der Waals surface area contributed by atoms with Gasteiger partial charge in [-0.15, -0.1) is 11.8 Å². The van der Waals surface area contributed by atoms with Crippen molar-refractivity contribution < 1.29 is 0 Å². The summed E-state index contributed by atoms with van der Waals surface area (Å²) in [6.07, 6.45) is 2.00. The van der Waals surface area contributed by atoms with Gasteiger partial charge in [0, 0.05) is 0 Å². The van der Waals surface area contributed by atoms with Crippen LogP contribution < -0.4 is 0 Å². The molecule has 2 aliphatic rings. The van der Waals surface area contributed by atoms with Gasteiger partial charge in [-0.25, -0.2) is 0 Å². The molecule has 2 aliphatic heterocycles. The van der Waals surface area contributed by atoms with Gasteiger partial charge in [-0.1, -0.05) is 84.9 Å². The fraction of sp³-hybridized carbons (Fsp3) is 0.136. The SMILES string of the molecule is C1=NN2CSC(c3ccccc3)(c3ccccc3)[C@@H]2c2ccccc21. The first-order chi connectivity index (χ1) is 12.4. The van der Waals surface area contributed by atoms with Crippen molar-refractivity contribution in [2.45, 2.75) is 10.8 Å². The van der Waals surface area contributed by atoms with Gasteiger partial charge < -0.3 is 0 Å². The topological polar surface area (TPSA) is 15.6 Å². The highest BCUT2D eigenvalue weighted by molar-refractivity contribution is 8.00. The van der Waals surface area contributed by atoms with Gasteiger partial charge in [0.25, 0.3) is 0 Å². The second kappa shape index (κ2) is 5.78. The fourth-order valence-corrected chi connectivity index (χ4v) is 5.61. The van der Waals surface area contributed by atoms with Gasteiger partial charge in [-0.05, 0) is 22.3 Å². The third-order valence-corrected chi connectivity index (χ3v) is 6.69. The molecule has 0 saturated carbocycles. The van der Waals surface area contributed by atoms with E-state index >= 15 is 0 Å². The summed E-state index contributed by atoms with van der Waals surface area (Å²) in [5.41, 5.74) is 5.26. The molecule has 1 atom stereocenters. The van der Waals surface area contributed by atoms with Crippen molar-refractivity contribution in [1.29, 1.82) is 0 Å². The van der Waals surface area contributed by atoms with Gasteiger partial charge >= 0.3 is 0 Å². The van der Waals surface area contributed by atoms with Gasteiger partial charge in [0.05, 0.1) is 22.9 Å². The predicted octanol–water partition coefficient (Wildman–Crippen LogP) is 5.03. The van der Waals surface area contributed by atoms with Crippen LogP contribution in [0.4, 0.5) is 0 Å². The minimum atomic E-state index is -0.156. The molecule has 0 radical (unpaired) electrons. The van der Waals surface area contributed by atoms with E-state index < -0.39 is 0 Å². The molecule has 2 nitrogen and oxygen atoms in total. The normalized spacial score (nSPS) is 20.2. The average Bonchev–Trinajstić information content (AvgIpc) is 3.10. The lowest BCUT2D eigenvalue weighted by Gasteiger charge is -2.39. The number of hydrogen-bond donors (Lipinski definition) is 0. The lowest BCUT2D eigenvalue weighted by atomic mass is 9.79. The van der Waals surface area contributed by atoms with Crippen LogP contribution in [0.25, 0.3) is 0 Å². The molecule has 0 aliphatic carbocycles. The van der Waals surface area contributed by atoms with Crippen LogP contribution in [-0.2, 0) is 4.75 Å². The summed E-state index contributed by atoms with van der Waals surface area (Å²) in [6.45, 7) is 0. The Labute approximate surface area is 152 Å². The maximum absolute atomic E-state index is 4.77. The van der Waals surface area contributed by atoms with Crippen LogP contribution in [0.15, 0.2) is 90.0 Å². The standard InChI is InChI=1S/C22H18N2S/c1-3-10-18(11-4-1)22(19-12-5-2-6-13-19)21-20-14-8-7-9-17(20)15-23-24(21)16-25-22/h1-15,21H,16H2/t21-/m0/s1. The number of thioether (sulfide) groups is 1. The van der Waals surface area contributed by atoms with E-state index in [9.17, 15) is 0 Å². The van der Waals surface area contributed by atoms with E-state index in [2.05, 4.69) is 89.9 Å². The minimum Gasteiger partial charge on any atom is -0.277 e. The van der Waals surface area contributed by atoms with E-state index in [1.54, 1.807) is 0 Å². The van der Waals surface area contributed by atoms with E-state index in [1.807, 2.05) is 18.0 Å². The first-order valence-corrected chi connectivity index (χ1v) is 9.53. The summed E-state index contributed by atoms with van der Waals surface area (Å²) in [6, 6.07) is 30.6. The molecule has 2 heterocycles. The molecule has 122 valence electrons. The highest BCUT2D eigenvalue weighted by Crippen LogP contribution is 2.60. The zero-order chi connectivity index (χ0) is 16.7. The Morgan fingerprint density at radius 1 is 0.800 bits per heavy atom. The number of hydrazone groups is 1. The molecule has 0 aromatic heterocycles. The average molecular weight is 342 g/mol. The Balaban J connectivity index is 1.79. The number of nitrogens with zero attached hydrogens (tertiary/aromatic N) is 2.